The summed E-state index contributed by atoms with van der Waals surface area (Å²) < 4.78 is 22.8. The third-order valence-electron chi connectivity index (χ3n) is 6.33. The molecule has 37 heavy (non-hydrogen) atoms. The lowest BCUT2D eigenvalue weighted by Crippen LogP contribution is -2.40. The smallest absolute Gasteiger partial charge is 0.338 e. The molecular weight excluding hydrogens is 491 g/mol. The van der Waals surface area contributed by atoms with Crippen molar-refractivity contribution >= 4 is 23.4 Å². The van der Waals surface area contributed by atoms with Crippen LogP contribution in [0.25, 0.3) is 11.8 Å². The lowest BCUT2D eigenvalue weighted by molar-refractivity contribution is -0.139. The summed E-state index contributed by atoms with van der Waals surface area (Å²) in [5, 5.41) is 4.68. The topological polar surface area (TPSA) is 78.5 Å². The van der Waals surface area contributed by atoms with Crippen LogP contribution in [-0.4, -0.2) is 26.9 Å². The van der Waals surface area contributed by atoms with Gasteiger partial charge in [0, 0.05) is 11.3 Å². The zero-order chi connectivity index (χ0) is 26.3. The van der Waals surface area contributed by atoms with E-state index in [0.29, 0.717) is 20.6 Å². The number of thiazole rings is 1. The Bertz CT molecular complexity index is 1710. The molecule has 0 saturated carbocycles. The van der Waals surface area contributed by atoms with E-state index in [9.17, 15) is 14.0 Å². The van der Waals surface area contributed by atoms with Gasteiger partial charge in [0.05, 0.1) is 39.8 Å². The average molecular weight is 517 g/mol. The quantitative estimate of drug-likeness (QED) is 0.379. The first-order valence-corrected chi connectivity index (χ1v) is 12.7. The summed E-state index contributed by atoms with van der Waals surface area (Å²) in [4.78, 5) is 31.8. The van der Waals surface area contributed by atoms with E-state index in [1.54, 1.807) is 26.0 Å². The number of nitrogens with zero attached hydrogens (tertiary/aromatic N) is 4. The molecule has 0 aliphatic carbocycles. The fourth-order valence-corrected chi connectivity index (χ4v) is 5.60. The van der Waals surface area contributed by atoms with E-state index in [4.69, 9.17) is 4.74 Å². The Morgan fingerprint density at radius 2 is 1.81 bits per heavy atom. The van der Waals surface area contributed by atoms with Crippen molar-refractivity contribution < 1.29 is 13.9 Å². The highest BCUT2D eigenvalue weighted by Crippen LogP contribution is 2.30. The van der Waals surface area contributed by atoms with E-state index >= 15 is 0 Å². The number of para-hydroxylation sites is 1. The summed E-state index contributed by atoms with van der Waals surface area (Å²) in [5.74, 6) is -0.959. The Hall–Kier alpha value is -4.11. The number of allylic oxidation sites excluding steroid dienone is 1. The number of rotatable bonds is 5. The highest BCUT2D eigenvalue weighted by molar-refractivity contribution is 7.07. The number of hydrogen-bond acceptors (Lipinski definition) is 6. The highest BCUT2D eigenvalue weighted by Gasteiger charge is 2.33. The SMILES string of the molecule is CCOC(=O)C1=C(C)N=c2s/c(=C/c3c(C)nn(-c4ccccc4)c3C)c(=O)n2C1c1ccc(F)cc1. The van der Waals surface area contributed by atoms with Gasteiger partial charge in [0.25, 0.3) is 5.56 Å². The lowest BCUT2D eigenvalue weighted by Gasteiger charge is -2.24. The first kappa shape index (κ1) is 24.6. The number of benzene rings is 2. The van der Waals surface area contributed by atoms with Gasteiger partial charge < -0.3 is 4.74 Å². The number of aromatic nitrogens is 3. The number of esters is 1. The molecule has 4 aromatic rings. The summed E-state index contributed by atoms with van der Waals surface area (Å²) >= 11 is 1.24. The Morgan fingerprint density at radius 3 is 2.49 bits per heavy atom. The zero-order valence-electron chi connectivity index (χ0n) is 20.9. The molecule has 1 aliphatic heterocycles. The first-order valence-electron chi connectivity index (χ1n) is 11.9. The van der Waals surface area contributed by atoms with Crippen LogP contribution in [-0.2, 0) is 9.53 Å². The normalized spacial score (nSPS) is 15.5. The molecule has 2 aromatic carbocycles. The van der Waals surface area contributed by atoms with Gasteiger partial charge in [-0.1, -0.05) is 41.7 Å². The molecule has 7 nitrogen and oxygen atoms in total. The van der Waals surface area contributed by atoms with Gasteiger partial charge in [0.15, 0.2) is 4.80 Å². The fraction of sp³-hybridized carbons (Fsp3) is 0.214. The van der Waals surface area contributed by atoms with Crippen LogP contribution in [0.4, 0.5) is 4.39 Å². The van der Waals surface area contributed by atoms with Crippen LogP contribution in [0.15, 0.2) is 75.7 Å². The van der Waals surface area contributed by atoms with E-state index in [-0.39, 0.29) is 17.7 Å². The number of carbonyl (C=O) groups excluding carboxylic acids is 1. The molecule has 1 aliphatic rings. The Kier molecular flexibility index (Phi) is 6.47. The number of fused-ring (bicyclic) bond motifs is 1. The van der Waals surface area contributed by atoms with Crippen molar-refractivity contribution in [3.8, 4) is 5.69 Å². The van der Waals surface area contributed by atoms with Gasteiger partial charge in [0.2, 0.25) is 0 Å². The minimum absolute atomic E-state index is 0.181. The zero-order valence-corrected chi connectivity index (χ0v) is 21.7. The predicted molar refractivity (Wildman–Crippen MR) is 140 cm³/mol. The van der Waals surface area contributed by atoms with Crippen LogP contribution < -0.4 is 14.9 Å². The van der Waals surface area contributed by atoms with Crippen molar-refractivity contribution in [3.63, 3.8) is 0 Å². The van der Waals surface area contributed by atoms with E-state index in [1.165, 1.54) is 28.0 Å². The Morgan fingerprint density at radius 1 is 1.11 bits per heavy atom. The summed E-state index contributed by atoms with van der Waals surface area (Å²) in [6.45, 7) is 7.48. The van der Waals surface area contributed by atoms with Crippen molar-refractivity contribution in [2.45, 2.75) is 33.7 Å². The molecule has 0 spiro atoms. The predicted octanol–water partition coefficient (Wildman–Crippen LogP) is 3.74. The van der Waals surface area contributed by atoms with Crippen LogP contribution >= 0.6 is 11.3 Å². The monoisotopic (exact) mass is 516 g/mol. The maximum absolute atomic E-state index is 13.8. The standard InChI is InChI=1S/C28H25FN4O3S/c1-5-36-27(35)24-17(3)30-28-32(25(24)19-11-13-20(29)14-12-19)26(34)23(37-28)15-22-16(2)31-33(18(22)4)21-9-7-6-8-10-21/h6-15,25H,5H2,1-4H3/b23-15+. The van der Waals surface area contributed by atoms with Gasteiger partial charge in [0.1, 0.15) is 5.82 Å². The van der Waals surface area contributed by atoms with Gasteiger partial charge in [-0.25, -0.2) is 18.9 Å². The van der Waals surface area contributed by atoms with Crippen LogP contribution in [0.5, 0.6) is 0 Å². The largest absolute Gasteiger partial charge is 0.463 e. The Balaban J connectivity index is 1.70. The van der Waals surface area contributed by atoms with E-state index in [2.05, 4.69) is 10.1 Å². The second kappa shape index (κ2) is 9.74. The molecule has 0 fully saturated rings. The second-order valence-electron chi connectivity index (χ2n) is 8.69. The number of halogens is 1. The van der Waals surface area contributed by atoms with Crippen LogP contribution in [0.2, 0.25) is 0 Å². The molecule has 188 valence electrons. The third-order valence-corrected chi connectivity index (χ3v) is 7.31. The molecule has 0 bridgehead atoms. The van der Waals surface area contributed by atoms with Crippen molar-refractivity contribution in [2.75, 3.05) is 6.61 Å². The summed E-state index contributed by atoms with van der Waals surface area (Å²) in [6.07, 6.45) is 1.83. The van der Waals surface area contributed by atoms with Gasteiger partial charge in [-0.15, -0.1) is 0 Å². The minimum Gasteiger partial charge on any atom is -0.463 e. The van der Waals surface area contributed by atoms with Gasteiger partial charge in [-0.05, 0) is 63.6 Å². The van der Waals surface area contributed by atoms with E-state index < -0.39 is 17.8 Å². The van der Waals surface area contributed by atoms with Crippen LogP contribution in [0, 0.1) is 19.7 Å². The third kappa shape index (κ3) is 4.35. The summed E-state index contributed by atoms with van der Waals surface area (Å²) in [7, 11) is 0. The number of carbonyl (C=O) groups is 1. The van der Waals surface area contributed by atoms with Gasteiger partial charge in [-0.3, -0.25) is 9.36 Å². The first-order chi connectivity index (χ1) is 17.8. The van der Waals surface area contributed by atoms with Crippen LogP contribution in [0.3, 0.4) is 0 Å². The van der Waals surface area contributed by atoms with Crippen molar-refractivity contribution in [1.29, 1.82) is 0 Å². The maximum Gasteiger partial charge on any atom is 0.338 e. The van der Waals surface area contributed by atoms with E-state index in [1.807, 2.05) is 54.9 Å². The number of ether oxygens (including phenoxy) is 1. The minimum atomic E-state index is -0.785. The second-order valence-corrected chi connectivity index (χ2v) is 9.69. The van der Waals surface area contributed by atoms with Crippen molar-refractivity contribution in [3.05, 3.63) is 114 Å². The van der Waals surface area contributed by atoms with Crippen molar-refractivity contribution in [2.24, 2.45) is 4.99 Å². The molecule has 1 atom stereocenters. The number of aryl methyl sites for hydroxylation is 1. The molecule has 5 rings (SSSR count). The lowest BCUT2D eigenvalue weighted by atomic mass is 9.96. The molecule has 9 heteroatoms. The molecule has 0 radical (unpaired) electrons. The molecule has 0 N–H and O–H groups in total. The summed E-state index contributed by atoms with van der Waals surface area (Å²) in [6, 6.07) is 14.8. The Labute approximate surface area is 216 Å². The van der Waals surface area contributed by atoms with Crippen molar-refractivity contribution in [1.82, 2.24) is 14.3 Å². The average Bonchev–Trinajstić information content (AvgIpc) is 3.34. The molecule has 0 saturated heterocycles. The molecule has 0 amide bonds. The van der Waals surface area contributed by atoms with E-state index in [0.717, 1.165) is 22.6 Å². The fourth-order valence-electron chi connectivity index (χ4n) is 4.57. The highest BCUT2D eigenvalue weighted by atomic mass is 32.1. The van der Waals surface area contributed by atoms with Gasteiger partial charge >= 0.3 is 5.97 Å². The molecular formula is C28H25FN4O3S. The molecule has 3 heterocycles. The number of hydrogen-bond donors (Lipinski definition) is 0. The van der Waals surface area contributed by atoms with Crippen LogP contribution in [0.1, 0.15) is 42.4 Å². The summed E-state index contributed by atoms with van der Waals surface area (Å²) in [5.41, 5.74) is 4.47. The van der Waals surface area contributed by atoms with Gasteiger partial charge in [-0.2, -0.15) is 5.10 Å². The molecule has 1 unspecified atom stereocenters. The molecule has 2 aromatic heterocycles. The maximum atomic E-state index is 13.8.